The molecule has 0 aliphatic carbocycles. The summed E-state index contributed by atoms with van der Waals surface area (Å²) in [5.41, 5.74) is 1.76. The molecular formula is C17H15F2NO3S. The Bertz CT molecular complexity index is 748. The summed E-state index contributed by atoms with van der Waals surface area (Å²) in [6.45, 7) is 1.70. The summed E-state index contributed by atoms with van der Waals surface area (Å²) >= 11 is 0.417. The van der Waals surface area contributed by atoms with Gasteiger partial charge in [0.25, 0.3) is 11.7 Å². The molecule has 0 radical (unpaired) electrons. The normalized spacial score (nSPS) is 10.5. The van der Waals surface area contributed by atoms with E-state index in [1.165, 1.54) is 31.4 Å². The van der Waals surface area contributed by atoms with Gasteiger partial charge >= 0.3 is 5.97 Å². The Hall–Kier alpha value is -2.41. The Morgan fingerprint density at radius 3 is 2.38 bits per heavy atom. The number of carbonyl (C=O) groups excluding carboxylic acids is 2. The second kappa shape index (κ2) is 7.92. The molecule has 7 heteroatoms. The molecule has 2 aromatic carbocycles. The van der Waals surface area contributed by atoms with Crippen LogP contribution in [0.2, 0.25) is 0 Å². The molecule has 24 heavy (non-hydrogen) atoms. The molecule has 0 aliphatic heterocycles. The number of alkyl halides is 2. The number of halogens is 2. The predicted octanol–water partition coefficient (Wildman–Crippen LogP) is 4.35. The monoisotopic (exact) mass is 351 g/mol. The fourth-order valence-electron chi connectivity index (χ4n) is 2.08. The number of amides is 1. The van der Waals surface area contributed by atoms with E-state index in [0.29, 0.717) is 39.0 Å². The summed E-state index contributed by atoms with van der Waals surface area (Å²) in [5.74, 6) is -3.39. The molecule has 1 amide bonds. The van der Waals surface area contributed by atoms with Crippen molar-refractivity contribution in [3.63, 3.8) is 0 Å². The predicted molar refractivity (Wildman–Crippen MR) is 88.8 cm³/mol. The van der Waals surface area contributed by atoms with Crippen molar-refractivity contribution in [1.29, 1.82) is 0 Å². The molecule has 0 saturated heterocycles. The average Bonchev–Trinajstić information content (AvgIpc) is 2.56. The van der Waals surface area contributed by atoms with Crippen LogP contribution in [0.15, 0.2) is 47.4 Å². The van der Waals surface area contributed by atoms with Crippen molar-refractivity contribution in [3.05, 3.63) is 59.2 Å². The molecular weight excluding hydrogens is 336 g/mol. The van der Waals surface area contributed by atoms with Crippen LogP contribution in [0.4, 0.5) is 14.5 Å². The third-order valence-corrected chi connectivity index (χ3v) is 4.05. The highest BCUT2D eigenvalue weighted by atomic mass is 32.2. The first kappa shape index (κ1) is 17.9. The van der Waals surface area contributed by atoms with Crippen LogP contribution in [0.5, 0.6) is 0 Å². The minimum absolute atomic E-state index is 0.330. The van der Waals surface area contributed by atoms with Gasteiger partial charge in [0, 0.05) is 16.1 Å². The van der Waals surface area contributed by atoms with Crippen LogP contribution < -0.4 is 5.32 Å². The van der Waals surface area contributed by atoms with Crippen molar-refractivity contribution in [2.45, 2.75) is 17.6 Å². The van der Waals surface area contributed by atoms with Crippen molar-refractivity contribution in [3.8, 4) is 0 Å². The molecule has 126 valence electrons. The Balaban J connectivity index is 2.16. The van der Waals surface area contributed by atoms with Gasteiger partial charge in [0.2, 0.25) is 0 Å². The molecule has 0 spiro atoms. The maximum absolute atomic E-state index is 12.3. The first-order valence-electron chi connectivity index (χ1n) is 6.96. The highest BCUT2D eigenvalue weighted by Crippen LogP contribution is 2.25. The van der Waals surface area contributed by atoms with Crippen molar-refractivity contribution < 1.29 is 23.1 Å². The van der Waals surface area contributed by atoms with Crippen LogP contribution >= 0.6 is 11.8 Å². The first-order valence-corrected chi connectivity index (χ1v) is 7.84. The van der Waals surface area contributed by atoms with Crippen molar-refractivity contribution in [2.75, 3.05) is 12.4 Å². The van der Waals surface area contributed by atoms with E-state index in [9.17, 15) is 18.4 Å². The molecule has 0 fully saturated rings. The number of rotatable bonds is 5. The zero-order valence-electron chi connectivity index (χ0n) is 13.0. The van der Waals surface area contributed by atoms with Gasteiger partial charge in [-0.1, -0.05) is 17.8 Å². The van der Waals surface area contributed by atoms with E-state index in [4.69, 9.17) is 4.74 Å². The number of methoxy groups -OCH3 is 1. The van der Waals surface area contributed by atoms with Crippen molar-refractivity contribution in [2.24, 2.45) is 0 Å². The number of carbonyl (C=O) groups is 2. The van der Waals surface area contributed by atoms with E-state index < -0.39 is 17.6 Å². The third kappa shape index (κ3) is 4.32. The number of benzene rings is 2. The van der Waals surface area contributed by atoms with Crippen molar-refractivity contribution >= 4 is 29.3 Å². The second-order valence-corrected chi connectivity index (χ2v) is 5.89. The SMILES string of the molecule is COC(=O)c1cccc(NC(=O)c2ccc(SC(F)F)cc2)c1C. The maximum Gasteiger partial charge on any atom is 0.338 e. The lowest BCUT2D eigenvalue weighted by molar-refractivity contribution is 0.0599. The van der Waals surface area contributed by atoms with E-state index >= 15 is 0 Å². The molecule has 0 saturated carbocycles. The molecule has 0 heterocycles. The van der Waals surface area contributed by atoms with Crippen LogP contribution in [0.1, 0.15) is 26.3 Å². The average molecular weight is 351 g/mol. The molecule has 2 rings (SSSR count). The summed E-state index contributed by atoms with van der Waals surface area (Å²) in [5, 5.41) is 2.70. The van der Waals surface area contributed by atoms with Gasteiger partial charge in [-0.2, -0.15) is 8.78 Å². The number of hydrogen-bond donors (Lipinski definition) is 1. The van der Waals surface area contributed by atoms with Gasteiger partial charge in [-0.3, -0.25) is 4.79 Å². The molecule has 2 aromatic rings. The minimum Gasteiger partial charge on any atom is -0.465 e. The van der Waals surface area contributed by atoms with Gasteiger partial charge in [-0.05, 0) is 48.9 Å². The summed E-state index contributed by atoms with van der Waals surface area (Å²) in [6, 6.07) is 10.8. The van der Waals surface area contributed by atoms with Crippen LogP contribution in [-0.4, -0.2) is 24.7 Å². The van der Waals surface area contributed by atoms with E-state index in [1.807, 2.05) is 0 Å². The fourth-order valence-corrected chi connectivity index (χ4v) is 2.58. The van der Waals surface area contributed by atoms with E-state index in [0.717, 1.165) is 0 Å². The molecule has 1 N–H and O–H groups in total. The maximum atomic E-state index is 12.3. The van der Waals surface area contributed by atoms with E-state index in [2.05, 4.69) is 5.32 Å². The van der Waals surface area contributed by atoms with Crippen LogP contribution in [0, 0.1) is 6.92 Å². The third-order valence-electron chi connectivity index (χ3n) is 3.33. The summed E-state index contributed by atoms with van der Waals surface area (Å²) < 4.78 is 29.3. The standard InChI is InChI=1S/C17H15F2NO3S/c1-10-13(16(22)23-2)4-3-5-14(10)20-15(21)11-6-8-12(9-7-11)24-17(18)19/h3-9,17H,1-2H3,(H,20,21). The summed E-state index contributed by atoms with van der Waals surface area (Å²) in [7, 11) is 1.28. The molecule has 0 aliphatic rings. The topological polar surface area (TPSA) is 55.4 Å². The number of thioether (sulfide) groups is 1. The second-order valence-electron chi connectivity index (χ2n) is 4.83. The van der Waals surface area contributed by atoms with Gasteiger partial charge in [0.1, 0.15) is 0 Å². The number of nitrogens with one attached hydrogen (secondary N) is 1. The Morgan fingerprint density at radius 2 is 1.79 bits per heavy atom. The van der Waals surface area contributed by atoms with Crippen LogP contribution in [-0.2, 0) is 4.74 Å². The number of hydrogen-bond acceptors (Lipinski definition) is 4. The molecule has 0 bridgehead atoms. The molecule has 0 atom stereocenters. The molecule has 4 nitrogen and oxygen atoms in total. The smallest absolute Gasteiger partial charge is 0.338 e. The lowest BCUT2D eigenvalue weighted by Crippen LogP contribution is -2.14. The van der Waals surface area contributed by atoms with Gasteiger partial charge in [0.05, 0.1) is 12.7 Å². The van der Waals surface area contributed by atoms with Crippen LogP contribution in [0.3, 0.4) is 0 Å². The zero-order chi connectivity index (χ0) is 17.7. The largest absolute Gasteiger partial charge is 0.465 e. The highest BCUT2D eigenvalue weighted by Gasteiger charge is 2.14. The lowest BCUT2D eigenvalue weighted by atomic mass is 10.1. The van der Waals surface area contributed by atoms with Crippen molar-refractivity contribution in [1.82, 2.24) is 0 Å². The summed E-state index contributed by atoms with van der Waals surface area (Å²) in [4.78, 5) is 24.3. The Labute approximate surface area is 142 Å². The van der Waals surface area contributed by atoms with Gasteiger partial charge in [-0.15, -0.1) is 0 Å². The Kier molecular flexibility index (Phi) is 5.92. The quantitative estimate of drug-likeness (QED) is 0.643. The summed E-state index contributed by atoms with van der Waals surface area (Å²) in [6.07, 6.45) is 0. The van der Waals surface area contributed by atoms with Gasteiger partial charge < -0.3 is 10.1 Å². The Morgan fingerprint density at radius 1 is 1.12 bits per heavy atom. The van der Waals surface area contributed by atoms with E-state index in [1.54, 1.807) is 25.1 Å². The lowest BCUT2D eigenvalue weighted by Gasteiger charge is -2.11. The number of ether oxygens (including phenoxy) is 1. The minimum atomic E-state index is -2.51. The number of anilines is 1. The van der Waals surface area contributed by atoms with Gasteiger partial charge in [0.15, 0.2) is 0 Å². The highest BCUT2D eigenvalue weighted by molar-refractivity contribution is 7.99. The molecule has 0 unspecified atom stereocenters. The molecule has 0 aromatic heterocycles. The number of esters is 1. The first-order chi connectivity index (χ1) is 11.4. The zero-order valence-corrected chi connectivity index (χ0v) is 13.8. The fraction of sp³-hybridized carbons (Fsp3) is 0.176. The van der Waals surface area contributed by atoms with Crippen LogP contribution in [0.25, 0.3) is 0 Å². The van der Waals surface area contributed by atoms with Gasteiger partial charge in [-0.25, -0.2) is 4.79 Å². The van der Waals surface area contributed by atoms with E-state index in [-0.39, 0.29) is 0 Å².